The second-order valence-electron chi connectivity index (χ2n) is 4.00. The van der Waals surface area contributed by atoms with Crippen LogP contribution in [-0.2, 0) is 15.5 Å². The maximum atomic E-state index is 11.9. The highest BCUT2D eigenvalue weighted by atomic mass is 32.2. The lowest BCUT2D eigenvalue weighted by Crippen LogP contribution is -2.20. The predicted molar refractivity (Wildman–Crippen MR) is 72.6 cm³/mol. The lowest BCUT2D eigenvalue weighted by Gasteiger charge is -2.14. The Balaban J connectivity index is 2.44. The van der Waals surface area contributed by atoms with E-state index in [2.05, 4.69) is 0 Å². The van der Waals surface area contributed by atoms with Crippen LogP contribution in [0.5, 0.6) is 0 Å². The summed E-state index contributed by atoms with van der Waals surface area (Å²) in [4.78, 5) is 0. The molecule has 17 heavy (non-hydrogen) atoms. The predicted octanol–water partition coefficient (Wildman–Crippen LogP) is 1.51. The maximum Gasteiger partial charge on any atom is 0.0471 e. The van der Waals surface area contributed by atoms with Gasteiger partial charge in [0.05, 0.1) is 0 Å². The lowest BCUT2D eigenvalue weighted by atomic mass is 10.0. The molecule has 0 aliphatic heterocycles. The SMILES string of the molecule is COCCCS(=O)CC(CN)c1ccccc1. The average Bonchev–Trinajstić information content (AvgIpc) is 2.37. The quantitative estimate of drug-likeness (QED) is 0.716. The summed E-state index contributed by atoms with van der Waals surface area (Å²) in [5.41, 5.74) is 6.92. The van der Waals surface area contributed by atoms with Crippen molar-refractivity contribution in [2.75, 3.05) is 31.8 Å². The molecule has 1 aromatic carbocycles. The standard InChI is InChI=1S/C13H21NO2S/c1-16-8-5-9-17(15)11-13(10-14)12-6-3-2-4-7-12/h2-4,6-7,13H,5,8-11,14H2,1H3. The molecule has 1 aromatic rings. The number of hydrogen-bond acceptors (Lipinski definition) is 3. The Kier molecular flexibility index (Phi) is 7.08. The van der Waals surface area contributed by atoms with Gasteiger partial charge in [0.2, 0.25) is 0 Å². The van der Waals surface area contributed by atoms with Crippen LogP contribution >= 0.6 is 0 Å². The highest BCUT2D eigenvalue weighted by Gasteiger charge is 2.12. The summed E-state index contributed by atoms with van der Waals surface area (Å²) in [5, 5.41) is 0. The fraction of sp³-hybridized carbons (Fsp3) is 0.538. The molecule has 0 fully saturated rings. The van der Waals surface area contributed by atoms with Crippen molar-refractivity contribution in [2.45, 2.75) is 12.3 Å². The highest BCUT2D eigenvalue weighted by Crippen LogP contribution is 2.15. The van der Waals surface area contributed by atoms with Gasteiger partial charge in [-0.05, 0) is 12.0 Å². The van der Waals surface area contributed by atoms with Gasteiger partial charge >= 0.3 is 0 Å². The summed E-state index contributed by atoms with van der Waals surface area (Å²) in [5.74, 6) is 1.53. The van der Waals surface area contributed by atoms with Crippen molar-refractivity contribution in [3.05, 3.63) is 35.9 Å². The van der Waals surface area contributed by atoms with Gasteiger partial charge in [-0.2, -0.15) is 0 Å². The summed E-state index contributed by atoms with van der Waals surface area (Å²) < 4.78 is 16.8. The number of ether oxygens (including phenoxy) is 1. The Morgan fingerprint density at radius 2 is 2.06 bits per heavy atom. The van der Waals surface area contributed by atoms with Crippen LogP contribution in [0.4, 0.5) is 0 Å². The molecule has 0 bridgehead atoms. The Labute approximate surface area is 106 Å². The zero-order valence-electron chi connectivity index (χ0n) is 10.3. The van der Waals surface area contributed by atoms with Crippen LogP contribution in [0, 0.1) is 0 Å². The Morgan fingerprint density at radius 1 is 1.35 bits per heavy atom. The van der Waals surface area contributed by atoms with Crippen molar-refractivity contribution in [1.82, 2.24) is 0 Å². The average molecular weight is 255 g/mol. The third-order valence-corrected chi connectivity index (χ3v) is 4.18. The molecule has 0 aliphatic carbocycles. The monoisotopic (exact) mass is 255 g/mol. The molecule has 0 saturated carbocycles. The van der Waals surface area contributed by atoms with E-state index in [0.717, 1.165) is 6.42 Å². The summed E-state index contributed by atoms with van der Waals surface area (Å²) in [6.45, 7) is 1.21. The minimum atomic E-state index is -0.812. The van der Waals surface area contributed by atoms with E-state index < -0.39 is 10.8 Å². The molecule has 1 rings (SSSR count). The van der Waals surface area contributed by atoms with E-state index in [1.807, 2.05) is 30.3 Å². The van der Waals surface area contributed by atoms with Crippen molar-refractivity contribution in [1.29, 1.82) is 0 Å². The van der Waals surface area contributed by atoms with Crippen LogP contribution in [0.3, 0.4) is 0 Å². The third kappa shape index (κ3) is 5.44. The van der Waals surface area contributed by atoms with Crippen molar-refractivity contribution in [3.8, 4) is 0 Å². The molecule has 0 spiro atoms. The molecular weight excluding hydrogens is 234 g/mol. The van der Waals surface area contributed by atoms with Crippen LogP contribution in [0.25, 0.3) is 0 Å². The molecule has 0 saturated heterocycles. The number of benzene rings is 1. The van der Waals surface area contributed by atoms with Gasteiger partial charge in [0.1, 0.15) is 0 Å². The van der Waals surface area contributed by atoms with Crippen molar-refractivity contribution >= 4 is 10.8 Å². The number of methoxy groups -OCH3 is 1. The minimum absolute atomic E-state index is 0.194. The number of nitrogens with two attached hydrogens (primary N) is 1. The molecule has 0 amide bonds. The molecule has 96 valence electrons. The summed E-state index contributed by atoms with van der Waals surface area (Å²) in [6, 6.07) is 10.1. The van der Waals surface area contributed by atoms with Crippen molar-refractivity contribution < 1.29 is 8.95 Å². The zero-order chi connectivity index (χ0) is 12.5. The first-order valence-corrected chi connectivity index (χ1v) is 7.35. The minimum Gasteiger partial charge on any atom is -0.385 e. The highest BCUT2D eigenvalue weighted by molar-refractivity contribution is 7.85. The Hall–Kier alpha value is -0.710. The molecule has 2 N–H and O–H groups in total. The van der Waals surface area contributed by atoms with Gasteiger partial charge in [-0.3, -0.25) is 4.21 Å². The maximum absolute atomic E-state index is 11.9. The lowest BCUT2D eigenvalue weighted by molar-refractivity contribution is 0.200. The molecule has 0 aliphatic rings. The van der Waals surface area contributed by atoms with E-state index in [4.69, 9.17) is 10.5 Å². The van der Waals surface area contributed by atoms with Crippen LogP contribution in [0.15, 0.2) is 30.3 Å². The smallest absolute Gasteiger partial charge is 0.0471 e. The summed E-state index contributed by atoms with van der Waals surface area (Å²) in [7, 11) is 0.850. The van der Waals surface area contributed by atoms with Gasteiger partial charge in [-0.1, -0.05) is 30.3 Å². The van der Waals surface area contributed by atoms with Gasteiger partial charge in [0.15, 0.2) is 0 Å². The molecule has 4 heteroatoms. The molecule has 0 radical (unpaired) electrons. The molecule has 2 unspecified atom stereocenters. The molecule has 0 heterocycles. The second kappa shape index (κ2) is 8.39. The fourth-order valence-electron chi connectivity index (χ4n) is 1.70. The second-order valence-corrected chi connectivity index (χ2v) is 5.62. The van der Waals surface area contributed by atoms with Crippen molar-refractivity contribution in [3.63, 3.8) is 0 Å². The van der Waals surface area contributed by atoms with Crippen molar-refractivity contribution in [2.24, 2.45) is 5.73 Å². The summed E-state index contributed by atoms with van der Waals surface area (Å²) >= 11 is 0. The normalized spacial score (nSPS) is 14.5. The van der Waals surface area contributed by atoms with E-state index in [1.54, 1.807) is 7.11 Å². The number of rotatable bonds is 8. The van der Waals surface area contributed by atoms with Gasteiger partial charge in [-0.25, -0.2) is 0 Å². The Morgan fingerprint density at radius 3 is 2.65 bits per heavy atom. The molecular formula is C13H21NO2S. The van der Waals surface area contributed by atoms with E-state index >= 15 is 0 Å². The Bertz CT molecular complexity index is 329. The first-order valence-electron chi connectivity index (χ1n) is 5.87. The molecule has 2 atom stereocenters. The topological polar surface area (TPSA) is 52.3 Å². The van der Waals surface area contributed by atoms with E-state index in [0.29, 0.717) is 24.7 Å². The van der Waals surface area contributed by atoms with E-state index in [1.165, 1.54) is 5.56 Å². The van der Waals surface area contributed by atoms with Gasteiger partial charge in [-0.15, -0.1) is 0 Å². The van der Waals surface area contributed by atoms with Gasteiger partial charge in [0.25, 0.3) is 0 Å². The van der Waals surface area contributed by atoms with Crippen LogP contribution in [0.1, 0.15) is 17.9 Å². The number of hydrogen-bond donors (Lipinski definition) is 1. The summed E-state index contributed by atoms with van der Waals surface area (Å²) in [6.07, 6.45) is 0.842. The molecule has 0 aromatic heterocycles. The van der Waals surface area contributed by atoms with E-state index in [9.17, 15) is 4.21 Å². The first-order chi connectivity index (χ1) is 8.27. The zero-order valence-corrected chi connectivity index (χ0v) is 11.1. The van der Waals surface area contributed by atoms with E-state index in [-0.39, 0.29) is 5.92 Å². The van der Waals surface area contributed by atoms with Crippen LogP contribution in [-0.4, -0.2) is 36.0 Å². The first kappa shape index (κ1) is 14.4. The van der Waals surface area contributed by atoms with Gasteiger partial charge in [0, 0.05) is 48.5 Å². The van der Waals surface area contributed by atoms with Gasteiger partial charge < -0.3 is 10.5 Å². The molecule has 3 nitrogen and oxygen atoms in total. The van der Waals surface area contributed by atoms with Crippen LogP contribution < -0.4 is 5.73 Å². The van der Waals surface area contributed by atoms with Crippen LogP contribution in [0.2, 0.25) is 0 Å². The fourth-order valence-corrected chi connectivity index (χ4v) is 3.08. The third-order valence-electron chi connectivity index (χ3n) is 2.66. The largest absolute Gasteiger partial charge is 0.385 e.